The van der Waals surface area contributed by atoms with Crippen molar-refractivity contribution < 1.29 is 58.3 Å². The molecule has 10 nitrogen and oxygen atoms in total. The molecule has 0 saturated heterocycles. The summed E-state index contributed by atoms with van der Waals surface area (Å²) in [7, 11) is -8.42. The number of hydrogen-bond donors (Lipinski definition) is 2. The molecule has 0 spiro atoms. The van der Waals surface area contributed by atoms with Crippen molar-refractivity contribution in [2.45, 2.75) is 5.03 Å². The molecule has 2 rings (SSSR count). The number of sulfonamides is 1. The van der Waals surface area contributed by atoms with E-state index in [9.17, 15) is 28.0 Å². The molecular formula is C12H13N3NaO7PS. The van der Waals surface area contributed by atoms with E-state index in [0.29, 0.717) is 0 Å². The van der Waals surface area contributed by atoms with Crippen molar-refractivity contribution in [2.75, 3.05) is 6.29 Å². The Bertz CT molecular complexity index is 883. The first kappa shape index (κ1) is 21.7. The Hall–Kier alpha value is -1.33. The van der Waals surface area contributed by atoms with Crippen LogP contribution >= 0.6 is 7.60 Å². The molecule has 13 heteroatoms. The Morgan fingerprint density at radius 1 is 1.28 bits per heavy atom. The van der Waals surface area contributed by atoms with Crippen LogP contribution in [0.5, 0.6) is 5.75 Å². The van der Waals surface area contributed by atoms with E-state index in [1.165, 1.54) is 24.4 Å². The second kappa shape index (κ2) is 8.86. The van der Waals surface area contributed by atoms with Gasteiger partial charge in [-0.05, 0) is 24.3 Å². The number of non-ortho nitro benzene ring substituents is 1. The normalized spacial score (nSPS) is 13.3. The first-order valence-electron chi connectivity index (χ1n) is 6.36. The molecule has 2 aromatic rings. The zero-order chi connectivity index (χ0) is 17.8. The van der Waals surface area contributed by atoms with Crippen LogP contribution in [0.2, 0.25) is 0 Å². The molecule has 0 radical (unpaired) electrons. The summed E-state index contributed by atoms with van der Waals surface area (Å²) in [6.45, 7) is 0. The molecule has 0 bridgehead atoms. The largest absolute Gasteiger partial charge is 1.00 e. The van der Waals surface area contributed by atoms with Gasteiger partial charge >= 0.3 is 37.2 Å². The fraction of sp³-hybridized carbons (Fsp3) is 0.0833. The van der Waals surface area contributed by atoms with Gasteiger partial charge in [-0.3, -0.25) is 10.1 Å². The van der Waals surface area contributed by atoms with E-state index in [1.54, 1.807) is 0 Å². The van der Waals surface area contributed by atoms with E-state index in [-0.39, 0.29) is 47.4 Å². The fourth-order valence-electron chi connectivity index (χ4n) is 1.57. The number of nitro groups is 1. The Morgan fingerprint density at radius 3 is 2.44 bits per heavy atom. The molecule has 1 aromatic carbocycles. The van der Waals surface area contributed by atoms with E-state index < -0.39 is 28.8 Å². The Kier molecular flexibility index (Phi) is 7.69. The topological polar surface area (TPSA) is 149 Å². The summed E-state index contributed by atoms with van der Waals surface area (Å²) in [6.07, 6.45) is 0.378. The Labute approximate surface area is 166 Å². The minimum absolute atomic E-state index is 0. The number of nitrogens with zero attached hydrogens (tertiary/aromatic N) is 2. The summed E-state index contributed by atoms with van der Waals surface area (Å²) in [5.41, 5.74) is -0.217. The van der Waals surface area contributed by atoms with E-state index in [0.717, 1.165) is 24.3 Å². The second-order valence-corrected chi connectivity index (χ2v) is 7.94. The van der Waals surface area contributed by atoms with E-state index >= 15 is 0 Å². The Balaban J connectivity index is 0.00000312. The number of pyridine rings is 1. The first-order valence-corrected chi connectivity index (χ1v) is 9.61. The van der Waals surface area contributed by atoms with E-state index in [2.05, 4.69) is 4.98 Å². The number of nitrogens with one attached hydrogen (secondary N) is 1. The van der Waals surface area contributed by atoms with Gasteiger partial charge in [-0.25, -0.2) is 18.0 Å². The van der Waals surface area contributed by atoms with Crippen LogP contribution < -0.4 is 38.8 Å². The molecule has 0 amide bonds. The monoisotopic (exact) mass is 397 g/mol. The van der Waals surface area contributed by atoms with Crippen molar-refractivity contribution >= 4 is 23.3 Å². The maximum Gasteiger partial charge on any atom is 1.00 e. The van der Waals surface area contributed by atoms with Gasteiger partial charge in [-0.1, -0.05) is 6.07 Å². The third-order valence-electron chi connectivity index (χ3n) is 2.66. The molecule has 1 heterocycles. The van der Waals surface area contributed by atoms with Crippen molar-refractivity contribution in [1.29, 1.82) is 0 Å². The average molecular weight is 397 g/mol. The van der Waals surface area contributed by atoms with Gasteiger partial charge in [-0.15, -0.1) is 0 Å². The van der Waals surface area contributed by atoms with Crippen LogP contribution in [-0.4, -0.2) is 29.5 Å². The maximum atomic E-state index is 11.9. The van der Waals surface area contributed by atoms with Gasteiger partial charge in [0, 0.05) is 18.3 Å². The third kappa shape index (κ3) is 6.48. The smallest absolute Gasteiger partial charge is 1.00 e. The van der Waals surface area contributed by atoms with Crippen molar-refractivity contribution in [3.8, 4) is 5.75 Å². The molecular weight excluding hydrogens is 384 g/mol. The minimum atomic E-state index is -4.36. The second-order valence-electron chi connectivity index (χ2n) is 4.45. The summed E-state index contributed by atoms with van der Waals surface area (Å²) in [6, 6.07) is 8.65. The predicted octanol–water partition coefficient (Wildman–Crippen LogP) is -1.39. The summed E-state index contributed by atoms with van der Waals surface area (Å²) < 4.78 is 42.5. The molecule has 1 aromatic heterocycles. The molecule has 25 heavy (non-hydrogen) atoms. The van der Waals surface area contributed by atoms with E-state index in [1.807, 2.05) is 4.72 Å². The molecule has 1 atom stereocenters. The SMILES string of the molecule is O=[N+]([O-])c1ccc(OP(=O)(O)CNS(=O)(=O)c2ccccn2)cc1.[H-].[Na+]. The van der Waals surface area contributed by atoms with Crippen LogP contribution in [0.25, 0.3) is 0 Å². The van der Waals surface area contributed by atoms with Crippen molar-refractivity contribution in [3.05, 3.63) is 58.8 Å². The number of hydrogen-bond acceptors (Lipinski definition) is 7. The summed E-state index contributed by atoms with van der Waals surface area (Å²) in [5.74, 6) is -0.108. The first-order chi connectivity index (χ1) is 11.2. The van der Waals surface area contributed by atoms with Gasteiger partial charge in [0.2, 0.25) is 0 Å². The quantitative estimate of drug-likeness (QED) is 0.251. The average Bonchev–Trinajstić information content (AvgIpc) is 2.54. The third-order valence-corrected chi connectivity index (χ3v) is 5.25. The fourth-order valence-corrected chi connectivity index (χ4v) is 4.03. The summed E-state index contributed by atoms with van der Waals surface area (Å²) in [5, 5.41) is 10.2. The van der Waals surface area contributed by atoms with Gasteiger partial charge < -0.3 is 10.8 Å². The summed E-state index contributed by atoms with van der Waals surface area (Å²) >= 11 is 0. The van der Waals surface area contributed by atoms with Crippen LogP contribution in [0.15, 0.2) is 53.7 Å². The van der Waals surface area contributed by atoms with Gasteiger partial charge in [0.1, 0.15) is 12.0 Å². The van der Waals surface area contributed by atoms with Crippen LogP contribution in [0.1, 0.15) is 1.43 Å². The molecule has 0 aliphatic rings. The van der Waals surface area contributed by atoms with Crippen LogP contribution in [0, 0.1) is 10.1 Å². The number of nitro benzene ring substituents is 1. The summed E-state index contributed by atoms with van der Waals surface area (Å²) in [4.78, 5) is 23.2. The van der Waals surface area contributed by atoms with Crippen LogP contribution in [0.4, 0.5) is 5.69 Å². The number of rotatable bonds is 7. The molecule has 0 aliphatic carbocycles. The molecule has 2 N–H and O–H groups in total. The van der Waals surface area contributed by atoms with Gasteiger partial charge in [-0.2, -0.15) is 4.72 Å². The molecule has 0 fully saturated rings. The van der Waals surface area contributed by atoms with Crippen molar-refractivity contribution in [2.24, 2.45) is 0 Å². The Morgan fingerprint density at radius 2 is 1.92 bits per heavy atom. The minimum Gasteiger partial charge on any atom is -1.00 e. The zero-order valence-electron chi connectivity index (χ0n) is 14.0. The maximum absolute atomic E-state index is 11.9. The van der Waals surface area contributed by atoms with Gasteiger partial charge in [0.05, 0.1) is 4.92 Å². The van der Waals surface area contributed by atoms with Crippen molar-refractivity contribution in [1.82, 2.24) is 9.71 Å². The molecule has 0 aliphatic heterocycles. The molecule has 130 valence electrons. The van der Waals surface area contributed by atoms with Crippen LogP contribution in [0.3, 0.4) is 0 Å². The van der Waals surface area contributed by atoms with Gasteiger partial charge in [0.15, 0.2) is 5.03 Å². The molecule has 0 saturated carbocycles. The van der Waals surface area contributed by atoms with Crippen LogP contribution in [-0.2, 0) is 14.6 Å². The number of aromatic nitrogens is 1. The standard InChI is InChI=1S/C12H12N3O7PS.Na.H/c16-15(17)10-4-6-11(7-5-10)22-23(18,19)9-14-24(20,21)12-3-1-2-8-13-12;;/h1-8,14H,9H2,(H,18,19);;/q;+1;-1. The predicted molar refractivity (Wildman–Crippen MR) is 84.1 cm³/mol. The van der Waals surface area contributed by atoms with E-state index in [4.69, 9.17) is 4.52 Å². The van der Waals surface area contributed by atoms with Crippen molar-refractivity contribution in [3.63, 3.8) is 0 Å². The van der Waals surface area contributed by atoms with Gasteiger partial charge in [0.25, 0.3) is 15.7 Å². The zero-order valence-corrected chi connectivity index (χ0v) is 16.7. The number of benzene rings is 1. The molecule has 1 unspecified atom stereocenters.